The van der Waals surface area contributed by atoms with Crippen LogP contribution in [0.4, 0.5) is 0 Å². The lowest BCUT2D eigenvalue weighted by atomic mass is 9.80. The fourth-order valence-corrected chi connectivity index (χ4v) is 3.59. The van der Waals surface area contributed by atoms with Crippen molar-refractivity contribution in [2.45, 2.75) is 58.3 Å². The normalized spacial score (nSPS) is 25.6. The van der Waals surface area contributed by atoms with E-state index in [2.05, 4.69) is 13.5 Å². The molecule has 1 atom stereocenters. The fourth-order valence-electron chi connectivity index (χ4n) is 3.59. The Morgan fingerprint density at radius 2 is 2.00 bits per heavy atom. The predicted molar refractivity (Wildman–Crippen MR) is 70.2 cm³/mol. The molecule has 0 aromatic carbocycles. The average molecular weight is 221 g/mol. The predicted octanol–water partition coefficient (Wildman–Crippen LogP) is 3.89. The van der Waals surface area contributed by atoms with Crippen molar-refractivity contribution < 1.29 is 0 Å². The third-order valence-electron chi connectivity index (χ3n) is 5.17. The molecule has 2 fully saturated rings. The molecule has 0 aromatic rings. The maximum absolute atomic E-state index is 5.75. The Morgan fingerprint density at radius 3 is 2.50 bits per heavy atom. The lowest BCUT2D eigenvalue weighted by molar-refractivity contribution is 0.322. The van der Waals surface area contributed by atoms with Gasteiger partial charge in [-0.15, -0.1) is 0 Å². The molecule has 2 rings (SSSR count). The van der Waals surface area contributed by atoms with Crippen molar-refractivity contribution in [2.75, 3.05) is 6.54 Å². The molecule has 2 aliphatic carbocycles. The molecule has 0 spiro atoms. The van der Waals surface area contributed by atoms with Crippen LogP contribution in [0.3, 0.4) is 0 Å². The van der Waals surface area contributed by atoms with Gasteiger partial charge in [-0.05, 0) is 36.5 Å². The summed E-state index contributed by atoms with van der Waals surface area (Å²) in [6.45, 7) is 7.29. The van der Waals surface area contributed by atoms with Gasteiger partial charge in [-0.25, -0.2) is 0 Å². The quantitative estimate of drug-likeness (QED) is 0.677. The average Bonchev–Trinajstić information content (AvgIpc) is 2.95. The molecule has 0 bridgehead atoms. The molecule has 1 nitrogen and oxygen atoms in total. The molecule has 2 saturated carbocycles. The van der Waals surface area contributed by atoms with Crippen molar-refractivity contribution in [3.05, 3.63) is 12.2 Å². The van der Waals surface area contributed by atoms with Crippen LogP contribution in [0.15, 0.2) is 12.2 Å². The SMILES string of the molecule is C=C(CN)C1(C(C)CCC2CCCC2)CC1. The van der Waals surface area contributed by atoms with Gasteiger partial charge in [0.1, 0.15) is 0 Å². The van der Waals surface area contributed by atoms with Gasteiger partial charge >= 0.3 is 0 Å². The second-order valence-electron chi connectivity index (χ2n) is 6.09. The number of nitrogens with two attached hydrogens (primary N) is 1. The zero-order chi connectivity index (χ0) is 11.6. The van der Waals surface area contributed by atoms with Crippen molar-refractivity contribution in [3.63, 3.8) is 0 Å². The van der Waals surface area contributed by atoms with Crippen molar-refractivity contribution >= 4 is 0 Å². The van der Waals surface area contributed by atoms with Crippen molar-refractivity contribution in [1.29, 1.82) is 0 Å². The molecule has 0 aliphatic heterocycles. The van der Waals surface area contributed by atoms with E-state index in [0.717, 1.165) is 11.8 Å². The molecule has 0 amide bonds. The zero-order valence-electron chi connectivity index (χ0n) is 10.8. The van der Waals surface area contributed by atoms with Gasteiger partial charge < -0.3 is 5.73 Å². The second-order valence-corrected chi connectivity index (χ2v) is 6.09. The van der Waals surface area contributed by atoms with Gasteiger partial charge in [0.2, 0.25) is 0 Å². The summed E-state index contributed by atoms with van der Waals surface area (Å²) in [6, 6.07) is 0. The first-order valence-corrected chi connectivity index (χ1v) is 7.07. The largest absolute Gasteiger partial charge is 0.327 e. The Balaban J connectivity index is 1.78. The van der Waals surface area contributed by atoms with Crippen molar-refractivity contribution in [1.82, 2.24) is 0 Å². The van der Waals surface area contributed by atoms with E-state index in [1.807, 2.05) is 0 Å². The third-order valence-corrected chi connectivity index (χ3v) is 5.17. The minimum atomic E-state index is 0.452. The Bertz CT molecular complexity index is 246. The molecule has 2 aliphatic rings. The van der Waals surface area contributed by atoms with E-state index in [9.17, 15) is 0 Å². The Kier molecular flexibility index (Phi) is 3.73. The van der Waals surface area contributed by atoms with Crippen LogP contribution in [0.2, 0.25) is 0 Å². The summed E-state index contributed by atoms with van der Waals surface area (Å²) in [6.07, 6.45) is 11.4. The molecule has 1 unspecified atom stereocenters. The summed E-state index contributed by atoms with van der Waals surface area (Å²) in [7, 11) is 0. The molecule has 2 N–H and O–H groups in total. The highest BCUT2D eigenvalue weighted by atomic mass is 14.6. The van der Waals surface area contributed by atoms with Crippen LogP contribution in [0.25, 0.3) is 0 Å². The van der Waals surface area contributed by atoms with Crippen LogP contribution in [0.1, 0.15) is 58.3 Å². The molecular formula is C15H27N. The van der Waals surface area contributed by atoms with Gasteiger partial charge in [0.15, 0.2) is 0 Å². The molecule has 0 radical (unpaired) electrons. The fraction of sp³-hybridized carbons (Fsp3) is 0.867. The maximum atomic E-state index is 5.75. The maximum Gasteiger partial charge on any atom is 0.0139 e. The van der Waals surface area contributed by atoms with Crippen LogP contribution < -0.4 is 5.73 Å². The van der Waals surface area contributed by atoms with E-state index >= 15 is 0 Å². The van der Waals surface area contributed by atoms with Crippen molar-refractivity contribution in [2.24, 2.45) is 23.0 Å². The highest BCUT2D eigenvalue weighted by Crippen LogP contribution is 2.58. The Hall–Kier alpha value is -0.300. The number of hydrogen-bond donors (Lipinski definition) is 1. The Labute approximate surface area is 100 Å². The van der Waals surface area contributed by atoms with Crippen LogP contribution in [0.5, 0.6) is 0 Å². The van der Waals surface area contributed by atoms with E-state index in [4.69, 9.17) is 5.73 Å². The number of hydrogen-bond acceptors (Lipinski definition) is 1. The summed E-state index contributed by atoms with van der Waals surface area (Å²) >= 11 is 0. The molecule has 0 aromatic heterocycles. The zero-order valence-corrected chi connectivity index (χ0v) is 10.8. The summed E-state index contributed by atoms with van der Waals surface area (Å²) in [5.41, 5.74) is 7.52. The van der Waals surface area contributed by atoms with Gasteiger partial charge in [-0.1, -0.05) is 51.2 Å². The van der Waals surface area contributed by atoms with Crippen LogP contribution >= 0.6 is 0 Å². The summed E-state index contributed by atoms with van der Waals surface area (Å²) in [5.74, 6) is 1.84. The van der Waals surface area contributed by atoms with E-state index in [1.165, 1.54) is 56.9 Å². The van der Waals surface area contributed by atoms with Crippen molar-refractivity contribution in [3.8, 4) is 0 Å². The van der Waals surface area contributed by atoms with E-state index < -0.39 is 0 Å². The minimum Gasteiger partial charge on any atom is -0.327 e. The van der Waals surface area contributed by atoms with Gasteiger partial charge in [0, 0.05) is 6.54 Å². The van der Waals surface area contributed by atoms with Crippen LogP contribution in [-0.4, -0.2) is 6.54 Å². The van der Waals surface area contributed by atoms with Crippen LogP contribution in [-0.2, 0) is 0 Å². The van der Waals surface area contributed by atoms with Crippen LogP contribution in [0, 0.1) is 17.3 Å². The highest BCUT2D eigenvalue weighted by Gasteiger charge is 2.48. The molecule has 16 heavy (non-hydrogen) atoms. The number of rotatable bonds is 6. The summed E-state index contributed by atoms with van der Waals surface area (Å²) in [4.78, 5) is 0. The topological polar surface area (TPSA) is 26.0 Å². The molecular weight excluding hydrogens is 194 g/mol. The first kappa shape index (κ1) is 12.2. The summed E-state index contributed by atoms with van der Waals surface area (Å²) < 4.78 is 0. The molecule has 1 heteroatoms. The Morgan fingerprint density at radius 1 is 1.38 bits per heavy atom. The second kappa shape index (κ2) is 4.91. The smallest absolute Gasteiger partial charge is 0.0139 e. The van der Waals surface area contributed by atoms with Gasteiger partial charge in [0.25, 0.3) is 0 Å². The van der Waals surface area contributed by atoms with Gasteiger partial charge in [0.05, 0.1) is 0 Å². The standard InChI is InChI=1S/C15H27N/c1-12(7-8-14-5-3-4-6-14)15(9-10-15)13(2)11-16/h12,14H,2-11,16H2,1H3. The third kappa shape index (κ3) is 2.34. The summed E-state index contributed by atoms with van der Waals surface area (Å²) in [5, 5.41) is 0. The van der Waals surface area contributed by atoms with E-state index in [1.54, 1.807) is 0 Å². The highest BCUT2D eigenvalue weighted by molar-refractivity contribution is 5.21. The molecule has 0 saturated heterocycles. The van der Waals surface area contributed by atoms with Gasteiger partial charge in [-0.2, -0.15) is 0 Å². The first-order valence-electron chi connectivity index (χ1n) is 7.07. The molecule has 92 valence electrons. The first-order chi connectivity index (χ1) is 7.69. The van der Waals surface area contributed by atoms with E-state index in [0.29, 0.717) is 12.0 Å². The van der Waals surface area contributed by atoms with E-state index in [-0.39, 0.29) is 0 Å². The lowest BCUT2D eigenvalue weighted by Gasteiger charge is -2.26. The molecule has 0 heterocycles. The van der Waals surface area contributed by atoms with Gasteiger partial charge in [-0.3, -0.25) is 0 Å². The monoisotopic (exact) mass is 221 g/mol. The minimum absolute atomic E-state index is 0.452. The lowest BCUT2D eigenvalue weighted by Crippen LogP contribution is -2.21.